The van der Waals surface area contributed by atoms with Crippen LogP contribution in [0.5, 0.6) is 0 Å². The average Bonchev–Trinajstić information content (AvgIpc) is 2.72. The van der Waals surface area contributed by atoms with Gasteiger partial charge in [-0.25, -0.2) is 4.79 Å². The molecule has 88 valence electrons. The summed E-state index contributed by atoms with van der Waals surface area (Å²) >= 11 is 1.28. The first-order valence-electron chi connectivity index (χ1n) is 5.17. The van der Waals surface area contributed by atoms with Crippen LogP contribution in [0.25, 0.3) is 10.9 Å². The summed E-state index contributed by atoms with van der Waals surface area (Å²) in [5.41, 5.74) is 0.878. The van der Waals surface area contributed by atoms with E-state index in [1.165, 1.54) is 11.5 Å². The Kier molecular flexibility index (Phi) is 3.39. The molecule has 0 spiro atoms. The number of hydrogen-bond donors (Lipinski definition) is 2. The van der Waals surface area contributed by atoms with E-state index in [-0.39, 0.29) is 0 Å². The van der Waals surface area contributed by atoms with Crippen molar-refractivity contribution in [2.75, 3.05) is 5.32 Å². The van der Waals surface area contributed by atoms with E-state index in [2.05, 4.69) is 16.3 Å². The van der Waals surface area contributed by atoms with Gasteiger partial charge in [0.2, 0.25) is 0 Å². The molecule has 0 radical (unpaired) electrons. The zero-order chi connectivity index (χ0) is 12.3. The molecule has 1 heterocycles. The molecule has 0 fully saturated rings. The van der Waals surface area contributed by atoms with Gasteiger partial charge in [0.15, 0.2) is 0 Å². The highest BCUT2D eigenvalue weighted by Gasteiger charge is 2.17. The number of anilines is 1. The minimum atomic E-state index is -0.887. The molecule has 0 bridgehead atoms. The summed E-state index contributed by atoms with van der Waals surface area (Å²) in [5.74, 6) is -0.887. The minimum absolute atomic E-state index is 0.377. The molecule has 1 aromatic heterocycles. The number of aromatic nitrogens is 1. The van der Waals surface area contributed by atoms with Crippen LogP contribution in [0.1, 0.15) is 6.42 Å². The lowest BCUT2D eigenvalue weighted by Gasteiger charge is -2.11. The van der Waals surface area contributed by atoms with Crippen molar-refractivity contribution in [3.05, 3.63) is 36.9 Å². The maximum Gasteiger partial charge on any atom is 0.326 e. The largest absolute Gasteiger partial charge is 0.480 e. The number of nitrogens with zero attached hydrogens (tertiary/aromatic N) is 1. The van der Waals surface area contributed by atoms with E-state index in [1.807, 2.05) is 24.3 Å². The lowest BCUT2D eigenvalue weighted by atomic mass is 10.2. The first-order valence-corrected chi connectivity index (χ1v) is 5.94. The molecule has 4 nitrogen and oxygen atoms in total. The Hall–Kier alpha value is -1.88. The normalized spacial score (nSPS) is 12.2. The van der Waals surface area contributed by atoms with E-state index >= 15 is 0 Å². The summed E-state index contributed by atoms with van der Waals surface area (Å²) in [4.78, 5) is 11.0. The number of rotatable bonds is 5. The third-order valence-electron chi connectivity index (χ3n) is 2.39. The van der Waals surface area contributed by atoms with Crippen molar-refractivity contribution in [1.82, 2.24) is 4.37 Å². The second kappa shape index (κ2) is 4.97. The van der Waals surface area contributed by atoms with E-state index in [1.54, 1.807) is 6.08 Å². The van der Waals surface area contributed by atoms with Gasteiger partial charge in [-0.05, 0) is 30.1 Å². The predicted octanol–water partition coefficient (Wildman–Crippen LogP) is 2.74. The minimum Gasteiger partial charge on any atom is -0.480 e. The van der Waals surface area contributed by atoms with Crippen LogP contribution >= 0.6 is 11.5 Å². The zero-order valence-electron chi connectivity index (χ0n) is 9.09. The summed E-state index contributed by atoms with van der Waals surface area (Å²) in [6, 6.07) is 6.99. The molecule has 0 aliphatic heterocycles. The van der Waals surface area contributed by atoms with E-state index in [0.717, 1.165) is 15.9 Å². The monoisotopic (exact) mass is 248 g/mol. The van der Waals surface area contributed by atoms with Gasteiger partial charge in [-0.2, -0.15) is 4.37 Å². The fourth-order valence-corrected chi connectivity index (χ4v) is 2.35. The Bertz CT molecular complexity index is 550. The van der Waals surface area contributed by atoms with Crippen LogP contribution in [-0.2, 0) is 4.79 Å². The van der Waals surface area contributed by atoms with Crippen LogP contribution in [0.3, 0.4) is 0 Å². The molecule has 0 saturated carbocycles. The Morgan fingerprint density at radius 2 is 2.35 bits per heavy atom. The van der Waals surface area contributed by atoms with E-state index in [0.29, 0.717) is 6.42 Å². The lowest BCUT2D eigenvalue weighted by molar-refractivity contribution is -0.137. The predicted molar refractivity (Wildman–Crippen MR) is 69.5 cm³/mol. The second-order valence-electron chi connectivity index (χ2n) is 3.59. The maximum absolute atomic E-state index is 11.0. The molecule has 5 heteroatoms. The maximum atomic E-state index is 11.0. The summed E-state index contributed by atoms with van der Waals surface area (Å²) in [6.07, 6.45) is 1.97. The molecule has 0 amide bonds. The summed E-state index contributed by atoms with van der Waals surface area (Å²) in [5, 5.41) is 13.8. The fraction of sp³-hybridized carbons (Fsp3) is 0.167. The van der Waals surface area contributed by atoms with Crippen molar-refractivity contribution in [3.63, 3.8) is 0 Å². The average molecular weight is 248 g/mol. The van der Waals surface area contributed by atoms with Crippen molar-refractivity contribution in [2.45, 2.75) is 12.5 Å². The zero-order valence-corrected chi connectivity index (χ0v) is 9.91. The number of aliphatic carboxylic acids is 1. The second-order valence-corrected chi connectivity index (χ2v) is 4.36. The van der Waals surface area contributed by atoms with Crippen molar-refractivity contribution in [1.29, 1.82) is 0 Å². The summed E-state index contributed by atoms with van der Waals surface area (Å²) in [6.45, 7) is 3.56. The molecule has 2 aromatic rings. The number of benzene rings is 1. The van der Waals surface area contributed by atoms with Gasteiger partial charge < -0.3 is 10.4 Å². The van der Waals surface area contributed by atoms with Crippen molar-refractivity contribution in [2.24, 2.45) is 0 Å². The Balaban J connectivity index is 2.28. The Labute approximate surface area is 103 Å². The molecule has 2 N–H and O–H groups in total. The topological polar surface area (TPSA) is 62.2 Å². The fourth-order valence-electron chi connectivity index (χ4n) is 1.54. The van der Waals surface area contributed by atoms with E-state index < -0.39 is 12.0 Å². The lowest BCUT2D eigenvalue weighted by Crippen LogP contribution is -2.28. The number of carbonyl (C=O) groups is 1. The molecule has 0 aliphatic rings. The van der Waals surface area contributed by atoms with Crippen molar-refractivity contribution in [3.8, 4) is 0 Å². The van der Waals surface area contributed by atoms with Crippen LogP contribution in [0.15, 0.2) is 36.9 Å². The first kappa shape index (κ1) is 11.6. The highest BCUT2D eigenvalue weighted by atomic mass is 32.1. The van der Waals surface area contributed by atoms with Gasteiger partial charge in [-0.3, -0.25) is 0 Å². The number of hydrogen-bond acceptors (Lipinski definition) is 4. The number of carboxylic acids is 1. The molecule has 2 rings (SSSR count). The summed E-state index contributed by atoms with van der Waals surface area (Å²) < 4.78 is 4.25. The molecular formula is C12H12N2O2S. The van der Waals surface area contributed by atoms with Crippen molar-refractivity contribution >= 4 is 33.4 Å². The Morgan fingerprint density at radius 3 is 3.06 bits per heavy atom. The third kappa shape index (κ3) is 2.45. The van der Waals surface area contributed by atoms with Crippen molar-refractivity contribution < 1.29 is 9.90 Å². The van der Waals surface area contributed by atoms with Gasteiger partial charge in [0, 0.05) is 5.39 Å². The highest BCUT2D eigenvalue weighted by Crippen LogP contribution is 2.28. The number of carboxylic acid groups (broad SMARTS) is 1. The van der Waals surface area contributed by atoms with Gasteiger partial charge in [0.25, 0.3) is 0 Å². The molecule has 1 aromatic carbocycles. The van der Waals surface area contributed by atoms with Gasteiger partial charge in [-0.1, -0.05) is 18.2 Å². The smallest absolute Gasteiger partial charge is 0.326 e. The van der Waals surface area contributed by atoms with Crippen LogP contribution in [-0.4, -0.2) is 21.5 Å². The van der Waals surface area contributed by atoms with E-state index in [9.17, 15) is 4.79 Å². The van der Waals surface area contributed by atoms with Gasteiger partial charge in [0.05, 0.1) is 5.52 Å². The Morgan fingerprint density at radius 1 is 1.59 bits per heavy atom. The third-order valence-corrected chi connectivity index (χ3v) is 3.20. The van der Waals surface area contributed by atoms with Gasteiger partial charge in [-0.15, -0.1) is 6.58 Å². The number of fused-ring (bicyclic) bond motifs is 1. The highest BCUT2D eigenvalue weighted by molar-refractivity contribution is 7.11. The van der Waals surface area contributed by atoms with Crippen LogP contribution in [0.4, 0.5) is 5.00 Å². The quantitative estimate of drug-likeness (QED) is 0.799. The van der Waals surface area contributed by atoms with Gasteiger partial charge in [0.1, 0.15) is 11.0 Å². The molecule has 1 unspecified atom stereocenters. The molecule has 17 heavy (non-hydrogen) atoms. The van der Waals surface area contributed by atoms with Crippen LogP contribution in [0.2, 0.25) is 0 Å². The molecule has 0 saturated heterocycles. The summed E-state index contributed by atoms with van der Waals surface area (Å²) in [7, 11) is 0. The molecule has 0 aliphatic carbocycles. The van der Waals surface area contributed by atoms with Crippen LogP contribution in [0, 0.1) is 0 Å². The van der Waals surface area contributed by atoms with E-state index in [4.69, 9.17) is 5.11 Å². The van der Waals surface area contributed by atoms with Gasteiger partial charge >= 0.3 is 5.97 Å². The number of nitrogens with one attached hydrogen (secondary N) is 1. The molecule has 1 atom stereocenters. The first-order chi connectivity index (χ1) is 8.22. The SMILES string of the molecule is C=CCC(Nc1snc2ccccc12)C(=O)O. The molecular weight excluding hydrogens is 236 g/mol. The van der Waals surface area contributed by atoms with Crippen LogP contribution < -0.4 is 5.32 Å². The standard InChI is InChI=1S/C12H12N2O2S/c1-2-5-10(12(15)16)13-11-8-6-3-4-7-9(8)14-17-11/h2-4,6-7,10,13H,1,5H2,(H,15,16).